The van der Waals surface area contributed by atoms with E-state index >= 15 is 0 Å². The van der Waals surface area contributed by atoms with Gasteiger partial charge in [-0.05, 0) is 18.1 Å². The molecule has 2 rings (SSSR count). The number of aromatic nitrogens is 2. The summed E-state index contributed by atoms with van der Waals surface area (Å²) < 4.78 is 5.29. The lowest BCUT2D eigenvalue weighted by Gasteiger charge is -2.07. The first-order chi connectivity index (χ1) is 9.84. The topological polar surface area (TPSA) is 76.1 Å². The van der Waals surface area contributed by atoms with Crippen LogP contribution >= 0.6 is 0 Å². The van der Waals surface area contributed by atoms with Crippen LogP contribution in [0.3, 0.4) is 0 Å². The van der Waals surface area contributed by atoms with E-state index < -0.39 is 0 Å². The molecule has 0 aliphatic rings. The van der Waals surface area contributed by atoms with Crippen molar-refractivity contribution >= 4 is 11.9 Å². The monoisotopic (exact) mass is 272 g/mol. The predicted octanol–water partition coefficient (Wildman–Crippen LogP) is 1.18. The molecule has 1 amide bonds. The summed E-state index contributed by atoms with van der Waals surface area (Å²) in [6.07, 6.45) is 3.94. The number of benzene rings is 1. The summed E-state index contributed by atoms with van der Waals surface area (Å²) in [6.45, 7) is 0.492. The molecule has 104 valence electrons. The third-order valence-electron chi connectivity index (χ3n) is 2.49. The van der Waals surface area contributed by atoms with Gasteiger partial charge in [-0.2, -0.15) is 0 Å². The maximum absolute atomic E-state index is 11.5. The first kappa shape index (κ1) is 14.0. The highest BCUT2D eigenvalue weighted by Gasteiger charge is 2.01. The summed E-state index contributed by atoms with van der Waals surface area (Å²) in [4.78, 5) is 19.3. The first-order valence-electron chi connectivity index (χ1n) is 6.28. The second kappa shape index (κ2) is 7.85. The minimum Gasteiger partial charge on any atom is -0.371 e. The number of carbonyl (C=O) groups is 1. The second-order valence-corrected chi connectivity index (χ2v) is 4.03. The van der Waals surface area contributed by atoms with E-state index in [1.165, 1.54) is 5.56 Å². The van der Waals surface area contributed by atoms with Crippen LogP contribution in [0.5, 0.6) is 0 Å². The molecule has 1 aromatic carbocycles. The molecule has 0 unspecified atom stereocenters. The van der Waals surface area contributed by atoms with Crippen molar-refractivity contribution in [2.45, 2.75) is 6.42 Å². The Hall–Kier alpha value is -2.47. The van der Waals surface area contributed by atoms with Gasteiger partial charge in [-0.1, -0.05) is 30.3 Å². The maximum Gasteiger partial charge on any atom is 0.264 e. The highest BCUT2D eigenvalue weighted by Crippen LogP contribution is 1.99. The Labute approximate surface area is 117 Å². The minimum atomic E-state index is -0.273. The van der Waals surface area contributed by atoms with Crippen LogP contribution in [-0.2, 0) is 16.0 Å². The molecule has 1 aromatic heterocycles. The Morgan fingerprint density at radius 3 is 2.60 bits per heavy atom. The van der Waals surface area contributed by atoms with Crippen molar-refractivity contribution < 1.29 is 9.53 Å². The summed E-state index contributed by atoms with van der Waals surface area (Å²) in [5.41, 5.74) is 6.24. The van der Waals surface area contributed by atoms with Gasteiger partial charge in [0.1, 0.15) is 6.61 Å². The van der Waals surface area contributed by atoms with Crippen LogP contribution in [0.1, 0.15) is 5.56 Å². The molecule has 0 fully saturated rings. The highest BCUT2D eigenvalue weighted by molar-refractivity contribution is 5.78. The molecule has 0 aliphatic carbocycles. The number of rotatable bonds is 7. The number of anilines is 1. The van der Waals surface area contributed by atoms with Crippen LogP contribution in [0.25, 0.3) is 0 Å². The van der Waals surface area contributed by atoms with Crippen molar-refractivity contribution in [3.8, 4) is 0 Å². The Morgan fingerprint density at radius 1 is 1.10 bits per heavy atom. The van der Waals surface area contributed by atoms with E-state index in [1.54, 1.807) is 18.5 Å². The molecular weight excluding hydrogens is 256 g/mol. The van der Waals surface area contributed by atoms with Gasteiger partial charge in [0, 0.05) is 12.4 Å². The maximum atomic E-state index is 11.5. The van der Waals surface area contributed by atoms with Crippen LogP contribution in [0.4, 0.5) is 5.95 Å². The summed E-state index contributed by atoms with van der Waals surface area (Å²) >= 11 is 0. The number of amides is 1. The van der Waals surface area contributed by atoms with E-state index in [2.05, 4.69) is 20.8 Å². The molecule has 6 nitrogen and oxygen atoms in total. The minimum absolute atomic E-state index is 0.00727. The summed E-state index contributed by atoms with van der Waals surface area (Å²) in [7, 11) is 0. The van der Waals surface area contributed by atoms with Gasteiger partial charge in [0.15, 0.2) is 0 Å². The van der Waals surface area contributed by atoms with Gasteiger partial charge in [0.25, 0.3) is 5.91 Å². The van der Waals surface area contributed by atoms with Gasteiger partial charge in [-0.3, -0.25) is 15.6 Å². The van der Waals surface area contributed by atoms with E-state index in [0.717, 1.165) is 6.42 Å². The van der Waals surface area contributed by atoms with Crippen molar-refractivity contribution in [1.82, 2.24) is 15.4 Å². The molecule has 6 heteroatoms. The molecule has 2 aromatic rings. The average Bonchev–Trinajstić information content (AvgIpc) is 2.52. The Balaban J connectivity index is 1.59. The fourth-order valence-electron chi connectivity index (χ4n) is 1.52. The van der Waals surface area contributed by atoms with Crippen molar-refractivity contribution in [2.24, 2.45) is 0 Å². The number of ether oxygens (including phenoxy) is 1. The number of hydrogen-bond acceptors (Lipinski definition) is 5. The van der Waals surface area contributed by atoms with E-state index in [-0.39, 0.29) is 12.5 Å². The van der Waals surface area contributed by atoms with Crippen LogP contribution in [0.15, 0.2) is 48.8 Å². The van der Waals surface area contributed by atoms with Gasteiger partial charge < -0.3 is 4.74 Å². The fraction of sp³-hybridized carbons (Fsp3) is 0.214. The van der Waals surface area contributed by atoms with Gasteiger partial charge in [0.05, 0.1) is 6.61 Å². The molecule has 0 saturated heterocycles. The first-order valence-corrected chi connectivity index (χ1v) is 6.28. The zero-order valence-corrected chi connectivity index (χ0v) is 11.0. The van der Waals surface area contributed by atoms with Gasteiger partial charge in [-0.25, -0.2) is 9.97 Å². The quantitative estimate of drug-likeness (QED) is 0.584. The Morgan fingerprint density at radius 2 is 1.85 bits per heavy atom. The number of hydrazine groups is 1. The van der Waals surface area contributed by atoms with Gasteiger partial charge in [-0.15, -0.1) is 0 Å². The van der Waals surface area contributed by atoms with Crippen LogP contribution in [0.2, 0.25) is 0 Å². The van der Waals surface area contributed by atoms with Crippen molar-refractivity contribution in [2.75, 3.05) is 18.6 Å². The molecule has 0 atom stereocenters. The van der Waals surface area contributed by atoms with Crippen LogP contribution < -0.4 is 10.9 Å². The molecule has 0 aliphatic heterocycles. The summed E-state index contributed by atoms with van der Waals surface area (Å²) in [5, 5.41) is 0. The smallest absolute Gasteiger partial charge is 0.264 e. The standard InChI is InChI=1S/C14H16N4O2/c19-13(17-18-14-15-8-4-9-16-14)11-20-10-7-12-5-2-1-3-6-12/h1-6,8-9H,7,10-11H2,(H,17,19)(H,15,16,18). The van der Waals surface area contributed by atoms with E-state index in [9.17, 15) is 4.79 Å². The number of nitrogens with one attached hydrogen (secondary N) is 2. The molecule has 0 spiro atoms. The Bertz CT molecular complexity index is 519. The van der Waals surface area contributed by atoms with Gasteiger partial charge >= 0.3 is 0 Å². The molecule has 2 N–H and O–H groups in total. The van der Waals surface area contributed by atoms with Gasteiger partial charge in [0.2, 0.25) is 5.95 Å². The molecule has 1 heterocycles. The fourth-order valence-corrected chi connectivity index (χ4v) is 1.52. The average molecular weight is 272 g/mol. The lowest BCUT2D eigenvalue weighted by Crippen LogP contribution is -2.33. The third-order valence-corrected chi connectivity index (χ3v) is 2.49. The van der Waals surface area contributed by atoms with Crippen LogP contribution in [-0.4, -0.2) is 29.1 Å². The molecule has 0 bridgehead atoms. The summed E-state index contributed by atoms with van der Waals surface area (Å²) in [5.74, 6) is 0.0654. The van der Waals surface area contributed by atoms with E-state index in [1.807, 2.05) is 30.3 Å². The predicted molar refractivity (Wildman–Crippen MR) is 74.8 cm³/mol. The van der Waals surface area contributed by atoms with E-state index in [0.29, 0.717) is 12.6 Å². The molecule has 0 radical (unpaired) electrons. The lowest BCUT2D eigenvalue weighted by atomic mass is 10.2. The summed E-state index contributed by atoms with van der Waals surface area (Å²) in [6, 6.07) is 11.7. The number of nitrogens with zero attached hydrogens (tertiary/aromatic N) is 2. The molecular formula is C14H16N4O2. The largest absolute Gasteiger partial charge is 0.371 e. The van der Waals surface area contributed by atoms with Crippen molar-refractivity contribution in [3.63, 3.8) is 0 Å². The Kier molecular flexibility index (Phi) is 5.48. The number of carbonyl (C=O) groups excluding carboxylic acids is 1. The number of hydrogen-bond donors (Lipinski definition) is 2. The lowest BCUT2D eigenvalue weighted by molar-refractivity contribution is -0.125. The van der Waals surface area contributed by atoms with Crippen molar-refractivity contribution in [3.05, 3.63) is 54.4 Å². The molecule has 20 heavy (non-hydrogen) atoms. The highest BCUT2D eigenvalue weighted by atomic mass is 16.5. The zero-order chi connectivity index (χ0) is 14.0. The molecule has 0 saturated carbocycles. The van der Waals surface area contributed by atoms with E-state index in [4.69, 9.17) is 4.74 Å². The van der Waals surface area contributed by atoms with Crippen molar-refractivity contribution in [1.29, 1.82) is 0 Å². The zero-order valence-electron chi connectivity index (χ0n) is 11.0. The normalized spacial score (nSPS) is 10.0. The third kappa shape index (κ3) is 5.03. The van der Waals surface area contributed by atoms with Crippen LogP contribution in [0, 0.1) is 0 Å². The second-order valence-electron chi connectivity index (χ2n) is 4.03. The SMILES string of the molecule is O=C(COCCc1ccccc1)NNc1ncccn1.